The number of likely N-dealkylation sites (tertiary alicyclic amines) is 1. The van der Waals surface area contributed by atoms with Crippen LogP contribution in [0.5, 0.6) is 0 Å². The number of nitrogens with two attached hydrogens (primary N) is 1. The molecule has 1 fully saturated rings. The highest BCUT2D eigenvalue weighted by atomic mass is 16.6. The fourth-order valence-corrected chi connectivity index (χ4v) is 2.75. The zero-order chi connectivity index (χ0) is 16.4. The van der Waals surface area contributed by atoms with Crippen LogP contribution in [0.25, 0.3) is 0 Å². The molecule has 0 aromatic carbocycles. The molecule has 2 N–H and O–H groups in total. The van der Waals surface area contributed by atoms with Crippen molar-refractivity contribution in [3.8, 4) is 0 Å². The van der Waals surface area contributed by atoms with Gasteiger partial charge in [-0.25, -0.2) is 0 Å². The standard InChI is InChI=1S/C13H19N5O4/c1-8-12(18(21)22)9(2)17(15-8)7-11(19)16-5-3-10(4-6-16)13(14)20/h10H,3-7H2,1-2H3,(H2,14,20). The van der Waals surface area contributed by atoms with Gasteiger partial charge in [0.15, 0.2) is 0 Å². The second-order valence-electron chi connectivity index (χ2n) is 5.49. The summed E-state index contributed by atoms with van der Waals surface area (Å²) in [6.45, 7) is 4.01. The smallest absolute Gasteiger partial charge is 0.312 e. The summed E-state index contributed by atoms with van der Waals surface area (Å²) in [4.78, 5) is 35.5. The number of carbonyl (C=O) groups excluding carboxylic acids is 2. The highest BCUT2D eigenvalue weighted by molar-refractivity contribution is 5.78. The Kier molecular flexibility index (Phi) is 4.43. The van der Waals surface area contributed by atoms with Crippen LogP contribution >= 0.6 is 0 Å². The molecule has 0 bridgehead atoms. The normalized spacial score (nSPS) is 15.8. The second kappa shape index (κ2) is 6.12. The zero-order valence-corrected chi connectivity index (χ0v) is 12.6. The summed E-state index contributed by atoms with van der Waals surface area (Å²) in [6, 6.07) is 0. The second-order valence-corrected chi connectivity index (χ2v) is 5.49. The third kappa shape index (κ3) is 3.07. The number of hydrogen-bond acceptors (Lipinski definition) is 5. The van der Waals surface area contributed by atoms with E-state index in [4.69, 9.17) is 5.73 Å². The number of nitro groups is 1. The zero-order valence-electron chi connectivity index (χ0n) is 12.6. The molecule has 1 aliphatic rings. The molecule has 9 heteroatoms. The van der Waals surface area contributed by atoms with Crippen molar-refractivity contribution in [2.45, 2.75) is 33.2 Å². The average molecular weight is 309 g/mol. The minimum atomic E-state index is -0.489. The van der Waals surface area contributed by atoms with E-state index in [0.29, 0.717) is 37.3 Å². The van der Waals surface area contributed by atoms with Gasteiger partial charge in [0.25, 0.3) is 0 Å². The predicted octanol–water partition coefficient (Wildman–Crippen LogP) is 0.132. The Labute approximate surface area is 127 Å². The lowest BCUT2D eigenvalue weighted by Gasteiger charge is -2.30. The van der Waals surface area contributed by atoms with E-state index in [1.165, 1.54) is 4.68 Å². The van der Waals surface area contributed by atoms with E-state index >= 15 is 0 Å². The third-order valence-electron chi connectivity index (χ3n) is 4.06. The lowest BCUT2D eigenvalue weighted by atomic mass is 9.96. The molecule has 0 unspecified atom stereocenters. The van der Waals surface area contributed by atoms with E-state index in [-0.39, 0.29) is 30.0 Å². The summed E-state index contributed by atoms with van der Waals surface area (Å²) >= 11 is 0. The van der Waals surface area contributed by atoms with Gasteiger partial charge in [0.05, 0.1) is 4.92 Å². The van der Waals surface area contributed by atoms with Gasteiger partial charge in [-0.15, -0.1) is 0 Å². The molecule has 9 nitrogen and oxygen atoms in total. The number of nitrogens with zero attached hydrogens (tertiary/aromatic N) is 4. The fraction of sp³-hybridized carbons (Fsp3) is 0.615. The minimum Gasteiger partial charge on any atom is -0.369 e. The van der Waals surface area contributed by atoms with Crippen molar-refractivity contribution in [2.75, 3.05) is 13.1 Å². The van der Waals surface area contributed by atoms with E-state index in [0.717, 1.165) is 0 Å². The Hall–Kier alpha value is -2.45. The first-order chi connectivity index (χ1) is 10.3. The SMILES string of the molecule is Cc1nn(CC(=O)N2CCC(C(N)=O)CC2)c(C)c1[N+](=O)[O-]. The first-order valence-electron chi connectivity index (χ1n) is 7.06. The maximum Gasteiger partial charge on any atom is 0.312 e. The van der Waals surface area contributed by atoms with Crippen LogP contribution in [0.4, 0.5) is 5.69 Å². The Balaban J connectivity index is 2.03. The highest BCUT2D eigenvalue weighted by Gasteiger charge is 2.28. The maximum atomic E-state index is 12.3. The molecule has 22 heavy (non-hydrogen) atoms. The molecular weight excluding hydrogens is 290 g/mol. The molecular formula is C13H19N5O4. The summed E-state index contributed by atoms with van der Waals surface area (Å²) in [5, 5.41) is 15.0. The molecule has 0 atom stereocenters. The average Bonchev–Trinajstić information content (AvgIpc) is 2.73. The van der Waals surface area contributed by atoms with Gasteiger partial charge in [-0.3, -0.25) is 24.4 Å². The van der Waals surface area contributed by atoms with Gasteiger partial charge in [-0.05, 0) is 26.7 Å². The van der Waals surface area contributed by atoms with Crippen LogP contribution in [-0.4, -0.2) is 44.5 Å². The summed E-state index contributed by atoms with van der Waals surface area (Å²) in [7, 11) is 0. The third-order valence-corrected chi connectivity index (χ3v) is 4.06. The Bertz CT molecular complexity index is 616. The van der Waals surface area contributed by atoms with Crippen LogP contribution in [0.1, 0.15) is 24.2 Å². The van der Waals surface area contributed by atoms with Crippen LogP contribution in [0.15, 0.2) is 0 Å². The molecule has 1 aliphatic heterocycles. The molecule has 1 saturated heterocycles. The maximum absolute atomic E-state index is 12.3. The molecule has 2 rings (SSSR count). The number of aryl methyl sites for hydroxylation is 1. The fourth-order valence-electron chi connectivity index (χ4n) is 2.75. The number of rotatable bonds is 4. The van der Waals surface area contributed by atoms with Gasteiger partial charge in [0.2, 0.25) is 11.8 Å². The number of amides is 2. The monoisotopic (exact) mass is 309 g/mol. The van der Waals surface area contributed by atoms with Crippen LogP contribution in [-0.2, 0) is 16.1 Å². The van der Waals surface area contributed by atoms with E-state index < -0.39 is 4.92 Å². The van der Waals surface area contributed by atoms with Crippen LogP contribution in [0.2, 0.25) is 0 Å². The molecule has 1 aromatic rings. The quantitative estimate of drug-likeness (QED) is 0.625. The van der Waals surface area contributed by atoms with Crippen molar-refractivity contribution >= 4 is 17.5 Å². The number of aromatic nitrogens is 2. The van der Waals surface area contributed by atoms with Crippen LogP contribution < -0.4 is 5.73 Å². The molecule has 2 heterocycles. The van der Waals surface area contributed by atoms with E-state index in [2.05, 4.69) is 5.10 Å². The van der Waals surface area contributed by atoms with Crippen molar-refractivity contribution < 1.29 is 14.5 Å². The lowest BCUT2D eigenvalue weighted by Crippen LogP contribution is -2.43. The van der Waals surface area contributed by atoms with E-state index in [1.807, 2.05) is 0 Å². The lowest BCUT2D eigenvalue weighted by molar-refractivity contribution is -0.386. The minimum absolute atomic E-state index is 0.0399. The van der Waals surface area contributed by atoms with Crippen LogP contribution in [0, 0.1) is 29.9 Å². The molecule has 120 valence electrons. The number of hydrogen-bond donors (Lipinski definition) is 1. The van der Waals surface area contributed by atoms with Gasteiger partial charge in [-0.1, -0.05) is 0 Å². The molecule has 2 amide bonds. The van der Waals surface area contributed by atoms with E-state index in [9.17, 15) is 19.7 Å². The Morgan fingerprint density at radius 3 is 2.41 bits per heavy atom. The van der Waals surface area contributed by atoms with Gasteiger partial charge in [0, 0.05) is 19.0 Å². The van der Waals surface area contributed by atoms with Crippen molar-refractivity contribution in [1.29, 1.82) is 0 Å². The Morgan fingerprint density at radius 2 is 1.95 bits per heavy atom. The molecule has 0 saturated carbocycles. The summed E-state index contributed by atoms with van der Waals surface area (Å²) < 4.78 is 1.36. The van der Waals surface area contributed by atoms with Gasteiger partial charge in [0.1, 0.15) is 17.9 Å². The predicted molar refractivity (Wildman–Crippen MR) is 76.9 cm³/mol. The van der Waals surface area contributed by atoms with Crippen molar-refractivity contribution in [3.05, 3.63) is 21.5 Å². The largest absolute Gasteiger partial charge is 0.369 e. The molecule has 0 spiro atoms. The van der Waals surface area contributed by atoms with Crippen molar-refractivity contribution in [1.82, 2.24) is 14.7 Å². The van der Waals surface area contributed by atoms with Gasteiger partial charge >= 0.3 is 5.69 Å². The van der Waals surface area contributed by atoms with Gasteiger partial charge < -0.3 is 10.6 Å². The Morgan fingerprint density at radius 1 is 1.36 bits per heavy atom. The first kappa shape index (κ1) is 15.9. The first-order valence-corrected chi connectivity index (χ1v) is 7.06. The van der Waals surface area contributed by atoms with Crippen LogP contribution in [0.3, 0.4) is 0 Å². The number of primary amides is 1. The summed E-state index contributed by atoms with van der Waals surface area (Å²) in [5.41, 5.74) is 5.86. The van der Waals surface area contributed by atoms with Gasteiger partial charge in [-0.2, -0.15) is 5.10 Å². The molecule has 0 aliphatic carbocycles. The molecule has 0 radical (unpaired) electrons. The summed E-state index contributed by atoms with van der Waals surface area (Å²) in [5.74, 6) is -0.677. The molecule has 1 aromatic heterocycles. The van der Waals surface area contributed by atoms with Crippen molar-refractivity contribution in [3.63, 3.8) is 0 Å². The summed E-state index contributed by atoms with van der Waals surface area (Å²) in [6.07, 6.45) is 1.11. The number of carbonyl (C=O) groups is 2. The van der Waals surface area contributed by atoms with E-state index in [1.54, 1.807) is 18.7 Å². The highest BCUT2D eigenvalue weighted by Crippen LogP contribution is 2.22. The topological polar surface area (TPSA) is 124 Å². The number of piperidine rings is 1. The van der Waals surface area contributed by atoms with Crippen molar-refractivity contribution in [2.24, 2.45) is 11.7 Å².